The summed E-state index contributed by atoms with van der Waals surface area (Å²) in [7, 11) is 0. The van der Waals surface area contributed by atoms with Gasteiger partial charge >= 0.3 is 0 Å². The van der Waals surface area contributed by atoms with Crippen molar-refractivity contribution in [3.63, 3.8) is 0 Å². The molecular weight excluding hydrogens is 312 g/mol. The molecule has 0 N–H and O–H groups in total. The highest BCUT2D eigenvalue weighted by Crippen LogP contribution is 2.49. The average molecular weight is 334 g/mol. The summed E-state index contributed by atoms with van der Waals surface area (Å²) in [5.41, 5.74) is 2.02. The zero-order valence-corrected chi connectivity index (χ0v) is 15.0. The Kier molecular flexibility index (Phi) is 5.35. The van der Waals surface area contributed by atoms with Crippen LogP contribution in [-0.4, -0.2) is 0 Å². The molecule has 2 aromatic carbocycles. The van der Waals surface area contributed by atoms with Crippen molar-refractivity contribution in [2.45, 2.75) is 39.5 Å². The minimum atomic E-state index is -0.233. The molecule has 2 aromatic rings. The number of hydrogen-bond donors (Lipinski definition) is 0. The fourth-order valence-corrected chi connectivity index (χ4v) is 3.69. The number of nitrogens with zero attached hydrogens (tertiary/aromatic N) is 2. The Labute approximate surface area is 149 Å². The highest BCUT2D eigenvalue weighted by molar-refractivity contribution is 5.45. The van der Waals surface area contributed by atoms with Gasteiger partial charge in [-0.05, 0) is 47.2 Å². The van der Waals surface area contributed by atoms with Crippen molar-refractivity contribution in [3.05, 3.63) is 59.7 Å². The summed E-state index contributed by atoms with van der Waals surface area (Å²) < 4.78 is 9.80. The van der Waals surface area contributed by atoms with Crippen molar-refractivity contribution in [1.82, 2.24) is 0 Å². The molecule has 0 amide bonds. The molecule has 0 saturated carbocycles. The first kappa shape index (κ1) is 18.4. The second kappa shape index (κ2) is 7.28. The fraction of sp³-hybridized carbons (Fsp3) is 0.333. The minimum Gasteiger partial charge on any atom is -0.388 e. The van der Waals surface area contributed by atoms with Crippen molar-refractivity contribution >= 4 is 0 Å². The fourth-order valence-electron chi connectivity index (χ4n) is 3.69. The molecule has 4 heteroatoms. The van der Waals surface area contributed by atoms with Crippen molar-refractivity contribution in [2.75, 3.05) is 0 Å². The van der Waals surface area contributed by atoms with Crippen LogP contribution in [0.5, 0.6) is 11.5 Å². The van der Waals surface area contributed by atoms with Gasteiger partial charge in [-0.25, -0.2) is 0 Å². The van der Waals surface area contributed by atoms with Crippen molar-refractivity contribution in [2.24, 2.45) is 5.41 Å². The van der Waals surface area contributed by atoms with Gasteiger partial charge in [0.1, 0.15) is 11.5 Å². The van der Waals surface area contributed by atoms with Gasteiger partial charge in [0.2, 0.25) is 0 Å². The average Bonchev–Trinajstić information content (AvgIpc) is 2.58. The van der Waals surface area contributed by atoms with E-state index < -0.39 is 0 Å². The molecule has 0 aliphatic carbocycles. The maximum Gasteiger partial charge on any atom is 0.292 e. The second-order valence-electron chi connectivity index (χ2n) is 6.94. The number of hydrogen-bond acceptors (Lipinski definition) is 4. The highest BCUT2D eigenvalue weighted by atomic mass is 16.5. The van der Waals surface area contributed by atoms with E-state index in [0.717, 1.165) is 17.5 Å². The van der Waals surface area contributed by atoms with Crippen LogP contribution in [0.25, 0.3) is 0 Å². The standard InChI is InChI=1S/C21H22N2O2/c1-5-21(20(2,3)4,16-6-10-18(11-7-16)24-14-22)17-8-12-19(13-9-17)25-15-23/h6-13H,5H2,1-4H3. The Morgan fingerprint density at radius 3 is 1.36 bits per heavy atom. The van der Waals surface area contributed by atoms with E-state index in [0.29, 0.717) is 11.5 Å². The van der Waals surface area contributed by atoms with E-state index in [1.807, 2.05) is 48.5 Å². The smallest absolute Gasteiger partial charge is 0.292 e. The normalized spacial score (nSPS) is 11.3. The van der Waals surface area contributed by atoms with E-state index in [2.05, 4.69) is 27.7 Å². The monoisotopic (exact) mass is 334 g/mol. The Bertz CT molecular complexity index is 729. The molecule has 0 saturated heterocycles. The summed E-state index contributed by atoms with van der Waals surface area (Å²) in [6.07, 6.45) is 4.29. The van der Waals surface area contributed by atoms with E-state index in [1.165, 1.54) is 0 Å². The number of benzene rings is 2. The van der Waals surface area contributed by atoms with Crippen LogP contribution in [0.2, 0.25) is 0 Å². The lowest BCUT2D eigenvalue weighted by Crippen LogP contribution is -2.40. The van der Waals surface area contributed by atoms with Gasteiger partial charge in [-0.3, -0.25) is 0 Å². The second-order valence-corrected chi connectivity index (χ2v) is 6.94. The molecule has 0 heterocycles. The van der Waals surface area contributed by atoms with Gasteiger partial charge in [-0.2, -0.15) is 0 Å². The van der Waals surface area contributed by atoms with Gasteiger partial charge in [0, 0.05) is 5.41 Å². The van der Waals surface area contributed by atoms with Crippen LogP contribution in [0.1, 0.15) is 45.2 Å². The van der Waals surface area contributed by atoms with Gasteiger partial charge < -0.3 is 9.47 Å². The lowest BCUT2D eigenvalue weighted by atomic mass is 9.58. The predicted octanol–water partition coefficient (Wildman–Crippen LogP) is 5.15. The van der Waals surface area contributed by atoms with Gasteiger partial charge in [0.15, 0.2) is 0 Å². The van der Waals surface area contributed by atoms with Crippen molar-refractivity contribution in [3.8, 4) is 24.0 Å². The Balaban J connectivity index is 2.58. The Hall–Kier alpha value is -2.98. The topological polar surface area (TPSA) is 66.0 Å². The molecule has 128 valence electrons. The molecule has 0 bridgehead atoms. The molecule has 0 fully saturated rings. The summed E-state index contributed by atoms with van der Waals surface area (Å²) in [5, 5.41) is 17.3. The first-order valence-corrected chi connectivity index (χ1v) is 8.22. The summed E-state index contributed by atoms with van der Waals surface area (Å²) >= 11 is 0. The lowest BCUT2D eigenvalue weighted by Gasteiger charge is -2.46. The van der Waals surface area contributed by atoms with Crippen molar-refractivity contribution < 1.29 is 9.47 Å². The molecule has 0 aromatic heterocycles. The SMILES string of the molecule is CCC(c1ccc(OC#N)cc1)(c1ccc(OC#N)cc1)C(C)(C)C. The Morgan fingerprint density at radius 2 is 1.12 bits per heavy atom. The molecule has 0 radical (unpaired) electrons. The molecule has 0 aliphatic rings. The van der Waals surface area contributed by atoms with Crippen molar-refractivity contribution in [1.29, 1.82) is 10.5 Å². The molecule has 2 rings (SSSR count). The molecule has 0 unspecified atom stereocenters. The van der Waals surface area contributed by atoms with Crippen LogP contribution in [0.3, 0.4) is 0 Å². The third-order valence-electron chi connectivity index (χ3n) is 4.83. The predicted molar refractivity (Wildman–Crippen MR) is 95.9 cm³/mol. The minimum absolute atomic E-state index is 0.0586. The van der Waals surface area contributed by atoms with Crippen LogP contribution in [0, 0.1) is 28.4 Å². The summed E-state index contributed by atoms with van der Waals surface area (Å²) in [6.45, 7) is 8.83. The first-order chi connectivity index (χ1) is 11.9. The molecule has 25 heavy (non-hydrogen) atoms. The van der Waals surface area contributed by atoms with Gasteiger partial charge in [0.25, 0.3) is 12.5 Å². The third-order valence-corrected chi connectivity index (χ3v) is 4.83. The molecule has 0 aliphatic heterocycles. The molecule has 0 spiro atoms. The molecule has 0 atom stereocenters. The third kappa shape index (κ3) is 3.44. The Morgan fingerprint density at radius 1 is 0.760 bits per heavy atom. The van der Waals surface area contributed by atoms with Gasteiger partial charge in [-0.1, -0.05) is 52.0 Å². The lowest BCUT2D eigenvalue weighted by molar-refractivity contribution is 0.220. The van der Waals surface area contributed by atoms with E-state index >= 15 is 0 Å². The molecular formula is C21H22N2O2. The van der Waals surface area contributed by atoms with E-state index in [9.17, 15) is 0 Å². The largest absolute Gasteiger partial charge is 0.388 e. The van der Waals surface area contributed by atoms with E-state index in [4.69, 9.17) is 20.0 Å². The van der Waals surface area contributed by atoms with Crippen LogP contribution >= 0.6 is 0 Å². The number of ether oxygens (including phenoxy) is 2. The van der Waals surface area contributed by atoms with Crippen LogP contribution in [0.15, 0.2) is 48.5 Å². The zero-order chi connectivity index (χ0) is 18.5. The summed E-state index contributed by atoms with van der Waals surface area (Å²) in [5.74, 6) is 1.06. The van der Waals surface area contributed by atoms with Crippen LogP contribution < -0.4 is 9.47 Å². The maximum absolute atomic E-state index is 8.67. The van der Waals surface area contributed by atoms with Gasteiger partial charge in [-0.15, -0.1) is 10.5 Å². The number of nitriles is 2. The van der Waals surface area contributed by atoms with Crippen LogP contribution in [-0.2, 0) is 5.41 Å². The molecule has 4 nitrogen and oxygen atoms in total. The highest BCUT2D eigenvalue weighted by Gasteiger charge is 2.43. The summed E-state index contributed by atoms with van der Waals surface area (Å²) in [6, 6.07) is 15.3. The van der Waals surface area contributed by atoms with Crippen LogP contribution in [0.4, 0.5) is 0 Å². The summed E-state index contributed by atoms with van der Waals surface area (Å²) in [4.78, 5) is 0. The maximum atomic E-state index is 8.67. The quantitative estimate of drug-likeness (QED) is 0.709. The van der Waals surface area contributed by atoms with Gasteiger partial charge in [0.05, 0.1) is 0 Å². The number of rotatable bonds is 5. The zero-order valence-electron chi connectivity index (χ0n) is 15.0. The van der Waals surface area contributed by atoms with E-state index in [1.54, 1.807) is 12.5 Å². The van der Waals surface area contributed by atoms with E-state index in [-0.39, 0.29) is 10.8 Å². The first-order valence-electron chi connectivity index (χ1n) is 8.22.